The fourth-order valence-corrected chi connectivity index (χ4v) is 4.13. The maximum atomic E-state index is 12.9. The Labute approximate surface area is 185 Å². The lowest BCUT2D eigenvalue weighted by Gasteiger charge is -2.24. The number of pyridine rings is 1. The highest BCUT2D eigenvalue weighted by molar-refractivity contribution is 7.92. The molecule has 0 aliphatic rings. The van der Waals surface area contributed by atoms with Crippen LogP contribution in [0.25, 0.3) is 21.9 Å². The molecule has 2 heterocycles. The van der Waals surface area contributed by atoms with Crippen molar-refractivity contribution in [1.29, 1.82) is 0 Å². The normalized spacial score (nSPS) is 13.5. The standard InChI is InChI=1S/C21H25N5O5S/c1-21(19(28)24-29,32(4,30)31)8-10-26-9-7-15-11-14(5-6-17(15)18(26)27)16-12-22-20(23-13-16)25(2)3/h5-7,9,11-13,29H,8,10H2,1-4H3,(H,24,28)/p+1/t21-/m1/s1. The number of amides is 1. The van der Waals surface area contributed by atoms with Gasteiger partial charge in [-0.25, -0.2) is 18.4 Å². The molecule has 1 aromatic carbocycles. The van der Waals surface area contributed by atoms with Crippen LogP contribution in [-0.4, -0.2) is 59.2 Å². The Kier molecular flexibility index (Phi) is 6.33. The molecule has 0 unspecified atom stereocenters. The summed E-state index contributed by atoms with van der Waals surface area (Å²) in [6.45, 7) is 1.27. The minimum atomic E-state index is -3.81. The van der Waals surface area contributed by atoms with Crippen LogP contribution >= 0.6 is 0 Å². The second-order valence-corrected chi connectivity index (χ2v) is 10.4. The van der Waals surface area contributed by atoms with Crippen molar-refractivity contribution in [2.75, 3.05) is 25.3 Å². The molecule has 1 atom stereocenters. The number of benzene rings is 1. The smallest absolute Gasteiger partial charge is 0.304 e. The summed E-state index contributed by atoms with van der Waals surface area (Å²) in [4.78, 5) is 35.4. The molecule has 170 valence electrons. The summed E-state index contributed by atoms with van der Waals surface area (Å²) in [7, 11) is -0.0982. The maximum absolute atomic E-state index is 12.9. The average Bonchev–Trinajstić information content (AvgIpc) is 2.76. The summed E-state index contributed by atoms with van der Waals surface area (Å²) in [6, 6.07) is 7.13. The summed E-state index contributed by atoms with van der Waals surface area (Å²) in [5.74, 6) is -0.335. The largest absolute Gasteiger partial charge is 0.347 e. The number of aromatic nitrogens is 3. The molecule has 0 radical (unpaired) electrons. The number of nitrogens with zero attached hydrogens (tertiary/aromatic N) is 4. The second kappa shape index (κ2) is 8.67. The van der Waals surface area contributed by atoms with E-state index in [1.54, 1.807) is 47.2 Å². The minimum Gasteiger partial charge on any atom is -0.347 e. The molecule has 1 amide bonds. The number of carbonyl (C=O) groups is 1. The van der Waals surface area contributed by atoms with E-state index in [4.69, 9.17) is 5.21 Å². The average molecular weight is 461 g/mol. The molecule has 0 saturated heterocycles. The first-order valence-corrected chi connectivity index (χ1v) is 11.7. The van der Waals surface area contributed by atoms with Gasteiger partial charge in [-0.05, 0) is 42.5 Å². The fraction of sp³-hybridized carbons (Fsp3) is 0.333. The molecule has 0 bridgehead atoms. The molecule has 32 heavy (non-hydrogen) atoms. The Morgan fingerprint density at radius 2 is 1.84 bits per heavy atom. The van der Waals surface area contributed by atoms with Crippen LogP contribution in [0.3, 0.4) is 0 Å². The van der Waals surface area contributed by atoms with Crippen LogP contribution in [0.4, 0.5) is 5.95 Å². The molecule has 0 aliphatic heterocycles. The van der Waals surface area contributed by atoms with Crippen molar-refractivity contribution in [2.24, 2.45) is 0 Å². The van der Waals surface area contributed by atoms with E-state index in [-0.39, 0.29) is 18.5 Å². The first-order chi connectivity index (χ1) is 15.0. The van der Waals surface area contributed by atoms with E-state index in [0.717, 1.165) is 22.8 Å². The first kappa shape index (κ1) is 23.4. The van der Waals surface area contributed by atoms with Crippen molar-refractivity contribution in [3.8, 4) is 11.1 Å². The summed E-state index contributed by atoms with van der Waals surface area (Å²) >= 11 is 0. The van der Waals surface area contributed by atoms with Crippen LogP contribution in [0.1, 0.15) is 13.3 Å². The highest BCUT2D eigenvalue weighted by Gasteiger charge is 2.44. The van der Waals surface area contributed by atoms with E-state index in [1.807, 2.05) is 20.2 Å². The Bertz CT molecular complexity index is 1320. The van der Waals surface area contributed by atoms with Gasteiger partial charge in [0.05, 0.1) is 0 Å². The van der Waals surface area contributed by atoms with Crippen molar-refractivity contribution >= 4 is 32.5 Å². The number of sulfone groups is 1. The van der Waals surface area contributed by atoms with E-state index in [9.17, 15) is 18.0 Å². The predicted molar refractivity (Wildman–Crippen MR) is 123 cm³/mol. The van der Waals surface area contributed by atoms with E-state index in [0.29, 0.717) is 11.3 Å². The van der Waals surface area contributed by atoms with E-state index >= 15 is 0 Å². The first-order valence-electron chi connectivity index (χ1n) is 9.77. The zero-order valence-corrected chi connectivity index (χ0v) is 19.1. The molecule has 3 aromatic rings. The molecule has 0 fully saturated rings. The van der Waals surface area contributed by atoms with Crippen molar-refractivity contribution in [3.05, 3.63) is 53.2 Å². The van der Waals surface area contributed by atoms with Gasteiger partial charge in [0.25, 0.3) is 5.56 Å². The predicted octanol–water partition coefficient (Wildman–Crippen LogP) is 0.474. The summed E-state index contributed by atoms with van der Waals surface area (Å²) in [5, 5.41) is 8.24. The van der Waals surface area contributed by atoms with E-state index in [1.165, 1.54) is 11.5 Å². The summed E-state index contributed by atoms with van der Waals surface area (Å²) in [6.07, 6.45) is 5.81. The fourth-order valence-electron chi connectivity index (χ4n) is 3.28. The Hall–Kier alpha value is -3.31. The number of anilines is 1. The molecule has 0 aliphatic carbocycles. The van der Waals surface area contributed by atoms with Gasteiger partial charge in [-0.2, -0.15) is 0 Å². The quantitative estimate of drug-likeness (QED) is 0.400. The molecule has 0 spiro atoms. The molecule has 3 rings (SSSR count). The second-order valence-electron chi connectivity index (χ2n) is 7.99. The van der Waals surface area contributed by atoms with Crippen molar-refractivity contribution in [1.82, 2.24) is 20.0 Å². The van der Waals surface area contributed by atoms with Gasteiger partial charge in [0.2, 0.25) is 5.95 Å². The third kappa shape index (κ3) is 4.34. The van der Waals surface area contributed by atoms with Crippen LogP contribution < -0.4 is 15.9 Å². The highest BCUT2D eigenvalue weighted by Crippen LogP contribution is 2.24. The van der Waals surface area contributed by atoms with Gasteiger partial charge in [-0.15, -0.1) is 5.48 Å². The maximum Gasteiger partial charge on any atom is 0.304 e. The molecular formula is C21H26N5O5S+. The molecule has 0 saturated carbocycles. The van der Waals surface area contributed by atoms with Crippen LogP contribution in [-0.2, 0) is 21.2 Å². The van der Waals surface area contributed by atoms with Gasteiger partial charge in [0.15, 0.2) is 14.6 Å². The van der Waals surface area contributed by atoms with Gasteiger partial charge in [-0.1, -0.05) is 6.07 Å². The topological polar surface area (TPSA) is 137 Å². The number of rotatable bonds is 7. The summed E-state index contributed by atoms with van der Waals surface area (Å²) in [5.41, 5.74) is 3.03. The van der Waals surface area contributed by atoms with Crippen LogP contribution in [0.2, 0.25) is 0 Å². The van der Waals surface area contributed by atoms with Crippen LogP contribution in [0, 0.1) is 0 Å². The van der Waals surface area contributed by atoms with Gasteiger partial charge < -0.3 is 14.7 Å². The SMILES string of the molecule is CN(C)c1ncc(-c2ccc3c(=O)n(CC[C@](C)(C(=O)N[OH2+])S(C)(=O)=O)ccc3c2)cn1. The third-order valence-electron chi connectivity index (χ3n) is 5.59. The molecule has 2 aromatic heterocycles. The van der Waals surface area contributed by atoms with Crippen LogP contribution in [0.5, 0.6) is 0 Å². The number of carbonyl (C=O) groups excluding carboxylic acids is 1. The molecule has 3 N–H and O–H groups in total. The Morgan fingerprint density at radius 3 is 2.41 bits per heavy atom. The Balaban J connectivity index is 1.92. The monoisotopic (exact) mass is 460 g/mol. The zero-order valence-electron chi connectivity index (χ0n) is 18.3. The number of nitrogens with one attached hydrogen (secondary N) is 1. The van der Waals surface area contributed by atoms with Crippen LogP contribution in [0.15, 0.2) is 47.7 Å². The van der Waals surface area contributed by atoms with E-state index < -0.39 is 20.5 Å². The summed E-state index contributed by atoms with van der Waals surface area (Å²) < 4.78 is 23.9. The number of fused-ring (bicyclic) bond motifs is 1. The lowest BCUT2D eigenvalue weighted by atomic mass is 10.0. The third-order valence-corrected chi connectivity index (χ3v) is 7.62. The van der Waals surface area contributed by atoms with Gasteiger partial charge in [-0.3, -0.25) is 9.59 Å². The van der Waals surface area contributed by atoms with Crippen molar-refractivity contribution < 1.29 is 18.4 Å². The lowest BCUT2D eigenvalue weighted by molar-refractivity contribution is -0.131. The van der Waals surface area contributed by atoms with Crippen molar-refractivity contribution in [3.63, 3.8) is 0 Å². The number of hydroxylamine groups is 1. The van der Waals surface area contributed by atoms with Crippen molar-refractivity contribution in [2.45, 2.75) is 24.6 Å². The van der Waals surface area contributed by atoms with Gasteiger partial charge in [0, 0.05) is 56.4 Å². The minimum absolute atomic E-state index is 0.00729. The molecule has 10 nitrogen and oxygen atoms in total. The number of hydrogen-bond acceptors (Lipinski definition) is 7. The lowest BCUT2D eigenvalue weighted by Crippen LogP contribution is -2.49. The molecule has 11 heteroatoms. The zero-order chi connectivity index (χ0) is 23.7. The number of aryl methyl sites for hydroxylation is 1. The molecular weight excluding hydrogens is 434 g/mol. The van der Waals surface area contributed by atoms with E-state index in [2.05, 4.69) is 9.97 Å². The van der Waals surface area contributed by atoms with Gasteiger partial charge in [0.1, 0.15) is 0 Å². The number of hydrogen-bond donors (Lipinski definition) is 1. The highest BCUT2D eigenvalue weighted by atomic mass is 32.2. The van der Waals surface area contributed by atoms with Gasteiger partial charge >= 0.3 is 5.91 Å². The Morgan fingerprint density at radius 1 is 1.19 bits per heavy atom.